The summed E-state index contributed by atoms with van der Waals surface area (Å²) in [5.74, 6) is 0.357. The number of ketones is 1. The molecule has 0 fully saturated rings. The number of aromatic nitrogens is 1. The lowest BCUT2D eigenvalue weighted by Crippen LogP contribution is -2.11. The van der Waals surface area contributed by atoms with Gasteiger partial charge >= 0.3 is 0 Å². The first-order valence-electron chi connectivity index (χ1n) is 12.1. The van der Waals surface area contributed by atoms with Crippen LogP contribution in [0.5, 0.6) is 0 Å². The fraction of sp³-hybridized carbons (Fsp3) is 0.100. The van der Waals surface area contributed by atoms with Gasteiger partial charge in [0.1, 0.15) is 5.69 Å². The van der Waals surface area contributed by atoms with E-state index in [0.717, 1.165) is 31.4 Å². The molecule has 0 bridgehead atoms. The van der Waals surface area contributed by atoms with Crippen LogP contribution >= 0.6 is 23.1 Å². The van der Waals surface area contributed by atoms with Gasteiger partial charge in [-0.05, 0) is 41.0 Å². The van der Waals surface area contributed by atoms with Gasteiger partial charge in [0, 0.05) is 31.9 Å². The monoisotopic (exact) mass is 552 g/mol. The van der Waals surface area contributed by atoms with Gasteiger partial charge in [0.2, 0.25) is 0 Å². The van der Waals surface area contributed by atoms with Crippen molar-refractivity contribution in [3.63, 3.8) is 0 Å². The normalized spacial score (nSPS) is 11.2. The summed E-state index contributed by atoms with van der Waals surface area (Å²) < 4.78 is 1.77. The van der Waals surface area contributed by atoms with Crippen LogP contribution in [0.4, 0.5) is 17.1 Å². The first kappa shape index (κ1) is 26.3. The Morgan fingerprint density at radius 3 is 2.46 bits per heavy atom. The van der Waals surface area contributed by atoms with E-state index in [1.165, 1.54) is 29.2 Å². The Balaban J connectivity index is 1.25. The van der Waals surface area contributed by atoms with E-state index in [0.29, 0.717) is 22.6 Å². The first-order chi connectivity index (χ1) is 18.9. The summed E-state index contributed by atoms with van der Waals surface area (Å²) in [6, 6.07) is 28.5. The number of thiazole rings is 1. The van der Waals surface area contributed by atoms with E-state index >= 15 is 0 Å². The van der Waals surface area contributed by atoms with Crippen LogP contribution in [-0.4, -0.2) is 41.8 Å². The zero-order valence-electron chi connectivity index (χ0n) is 21.3. The number of anilines is 1. The van der Waals surface area contributed by atoms with Crippen molar-refractivity contribution < 1.29 is 9.72 Å². The summed E-state index contributed by atoms with van der Waals surface area (Å²) >= 11 is 2.94. The number of aliphatic imine (C=N–C) groups is 1. The van der Waals surface area contributed by atoms with Crippen LogP contribution in [0.1, 0.15) is 15.9 Å². The van der Waals surface area contributed by atoms with Crippen LogP contribution in [0.3, 0.4) is 0 Å². The van der Waals surface area contributed by atoms with E-state index in [9.17, 15) is 14.9 Å². The topological polar surface area (TPSA) is 88.7 Å². The summed E-state index contributed by atoms with van der Waals surface area (Å²) in [4.78, 5) is 34.7. The van der Waals surface area contributed by atoms with Crippen molar-refractivity contribution in [3.8, 4) is 11.1 Å². The molecule has 4 aromatic carbocycles. The second-order valence-electron chi connectivity index (χ2n) is 8.94. The van der Waals surface area contributed by atoms with Gasteiger partial charge in [-0.2, -0.15) is 0 Å². The summed E-state index contributed by atoms with van der Waals surface area (Å²) in [5, 5.41) is 11.5. The Kier molecular flexibility index (Phi) is 7.81. The smallest absolute Gasteiger partial charge is 0.293 e. The van der Waals surface area contributed by atoms with Crippen molar-refractivity contribution in [1.82, 2.24) is 4.98 Å². The van der Waals surface area contributed by atoms with Crippen molar-refractivity contribution in [1.29, 1.82) is 0 Å². The van der Waals surface area contributed by atoms with Crippen molar-refractivity contribution >= 4 is 62.4 Å². The highest BCUT2D eigenvalue weighted by Crippen LogP contribution is 2.33. The zero-order chi connectivity index (χ0) is 27.4. The summed E-state index contributed by atoms with van der Waals surface area (Å²) in [5.41, 5.74) is 5.65. The Bertz CT molecular complexity index is 1680. The number of nitrogens with zero attached hydrogens (tertiary/aromatic N) is 4. The van der Waals surface area contributed by atoms with E-state index < -0.39 is 0 Å². The maximum absolute atomic E-state index is 12.8. The SMILES string of the molecule is CN(C)c1ccc(C=Nc2ccc3nc(SCC(=O)c4ccc(-c5ccccc5)cc4)sc3c2)cc1[N+](=O)[O-]. The highest BCUT2D eigenvalue weighted by molar-refractivity contribution is 8.01. The average molecular weight is 553 g/mol. The molecule has 0 N–H and O–H groups in total. The number of fused-ring (bicyclic) bond motifs is 1. The predicted octanol–water partition coefficient (Wildman–Crippen LogP) is 7.66. The standard InChI is InChI=1S/C30H24N4O3S2/c1-33(2)26-15-8-20(16-27(26)34(36)37)18-31-24-13-14-25-29(17-24)39-30(32-25)38-19-28(35)23-11-9-22(10-12-23)21-6-4-3-5-7-21/h3-18H,19H2,1-2H3. The molecule has 39 heavy (non-hydrogen) atoms. The third-order valence-corrected chi connectivity index (χ3v) is 8.19. The molecule has 0 aliphatic rings. The molecule has 0 amide bonds. The van der Waals surface area contributed by atoms with Crippen molar-refractivity contribution in [2.75, 3.05) is 24.7 Å². The third-order valence-electron chi connectivity index (χ3n) is 6.03. The number of benzene rings is 4. The van der Waals surface area contributed by atoms with E-state index in [1.54, 1.807) is 37.3 Å². The second kappa shape index (κ2) is 11.6. The number of nitro benzene ring substituents is 1. The van der Waals surface area contributed by atoms with Crippen LogP contribution in [-0.2, 0) is 0 Å². The highest BCUT2D eigenvalue weighted by atomic mass is 32.2. The molecule has 194 valence electrons. The average Bonchev–Trinajstić information content (AvgIpc) is 3.37. The van der Waals surface area contributed by atoms with Crippen LogP contribution in [0.15, 0.2) is 100 Å². The summed E-state index contributed by atoms with van der Waals surface area (Å²) in [6.45, 7) is 0. The molecule has 0 saturated carbocycles. The van der Waals surface area contributed by atoms with E-state index in [4.69, 9.17) is 0 Å². The Morgan fingerprint density at radius 2 is 1.74 bits per heavy atom. The van der Waals surface area contributed by atoms with E-state index in [2.05, 4.69) is 9.98 Å². The largest absolute Gasteiger partial charge is 0.372 e. The molecular formula is C30H24N4O3S2. The maximum atomic E-state index is 12.8. The van der Waals surface area contributed by atoms with Crippen molar-refractivity contribution in [2.24, 2.45) is 4.99 Å². The predicted molar refractivity (Wildman–Crippen MR) is 161 cm³/mol. The van der Waals surface area contributed by atoms with Gasteiger partial charge in [-0.1, -0.05) is 72.4 Å². The molecule has 1 heterocycles. The van der Waals surface area contributed by atoms with Crippen molar-refractivity contribution in [3.05, 3.63) is 112 Å². The Labute approximate surface area is 234 Å². The fourth-order valence-corrected chi connectivity index (χ4v) is 6.01. The number of carbonyl (C=O) groups excluding carboxylic acids is 1. The van der Waals surface area contributed by atoms with Gasteiger partial charge in [0.05, 0.1) is 26.6 Å². The van der Waals surface area contributed by atoms with Crippen LogP contribution in [0.2, 0.25) is 0 Å². The summed E-state index contributed by atoms with van der Waals surface area (Å²) in [7, 11) is 3.54. The molecule has 0 unspecified atom stereocenters. The first-order valence-corrected chi connectivity index (χ1v) is 13.9. The van der Waals surface area contributed by atoms with Gasteiger partial charge in [0.15, 0.2) is 10.1 Å². The molecule has 0 saturated heterocycles. The van der Waals surface area contributed by atoms with Gasteiger partial charge in [-0.25, -0.2) is 4.98 Å². The minimum Gasteiger partial charge on any atom is -0.372 e. The molecule has 5 rings (SSSR count). The van der Waals surface area contributed by atoms with E-state index in [1.807, 2.05) is 72.8 Å². The Hall–Kier alpha value is -4.34. The molecular weight excluding hydrogens is 528 g/mol. The summed E-state index contributed by atoms with van der Waals surface area (Å²) in [6.07, 6.45) is 1.62. The van der Waals surface area contributed by atoms with Crippen molar-refractivity contribution in [2.45, 2.75) is 4.34 Å². The number of Topliss-reactive ketones (excluding diaryl/α,β-unsaturated/α-hetero) is 1. The molecule has 0 radical (unpaired) electrons. The van der Waals surface area contributed by atoms with Gasteiger partial charge < -0.3 is 4.90 Å². The maximum Gasteiger partial charge on any atom is 0.293 e. The van der Waals surface area contributed by atoms with Gasteiger partial charge in [0.25, 0.3) is 5.69 Å². The minimum absolute atomic E-state index is 0.0326. The van der Waals surface area contributed by atoms with E-state index in [-0.39, 0.29) is 16.4 Å². The quantitative estimate of drug-likeness (QED) is 0.0613. The highest BCUT2D eigenvalue weighted by Gasteiger charge is 2.16. The fourth-order valence-electron chi connectivity index (χ4n) is 4.02. The zero-order valence-corrected chi connectivity index (χ0v) is 22.9. The molecule has 7 nitrogen and oxygen atoms in total. The molecule has 9 heteroatoms. The van der Waals surface area contributed by atoms with Crippen LogP contribution < -0.4 is 4.90 Å². The molecule has 0 spiro atoms. The van der Waals surface area contributed by atoms with Gasteiger partial charge in [-0.3, -0.25) is 19.9 Å². The number of hydrogen-bond donors (Lipinski definition) is 0. The number of thioether (sulfide) groups is 1. The lowest BCUT2D eigenvalue weighted by atomic mass is 10.0. The van der Waals surface area contributed by atoms with Gasteiger partial charge in [-0.15, -0.1) is 11.3 Å². The number of hydrogen-bond acceptors (Lipinski definition) is 8. The second-order valence-corrected chi connectivity index (χ2v) is 11.2. The third kappa shape index (κ3) is 6.22. The van der Waals surface area contributed by atoms with Crippen LogP contribution in [0, 0.1) is 10.1 Å². The lowest BCUT2D eigenvalue weighted by molar-refractivity contribution is -0.384. The minimum atomic E-state index is -0.389. The Morgan fingerprint density at radius 1 is 1.00 bits per heavy atom. The molecule has 0 atom stereocenters. The number of nitro groups is 1. The molecule has 5 aromatic rings. The number of carbonyl (C=O) groups is 1. The number of rotatable bonds is 9. The molecule has 0 aliphatic heterocycles. The van der Waals surface area contributed by atoms with Crippen LogP contribution in [0.25, 0.3) is 21.3 Å². The molecule has 1 aromatic heterocycles. The molecule has 0 aliphatic carbocycles. The lowest BCUT2D eigenvalue weighted by Gasteiger charge is -2.12.